The van der Waals surface area contributed by atoms with Crippen LogP contribution in [0.4, 0.5) is 5.69 Å². The van der Waals surface area contributed by atoms with E-state index in [1.54, 1.807) is 26.1 Å². The van der Waals surface area contributed by atoms with Crippen LogP contribution < -0.4 is 15.0 Å². The second-order valence-corrected chi connectivity index (χ2v) is 7.01. The lowest BCUT2D eigenvalue weighted by molar-refractivity contribution is -0.125. The highest BCUT2D eigenvalue weighted by atomic mass is 79.9. The predicted molar refractivity (Wildman–Crippen MR) is 102 cm³/mol. The highest BCUT2D eigenvalue weighted by Gasteiger charge is 2.32. The van der Waals surface area contributed by atoms with Crippen molar-refractivity contribution in [1.82, 2.24) is 10.2 Å². The van der Waals surface area contributed by atoms with Crippen LogP contribution in [0.25, 0.3) is 0 Å². The van der Waals surface area contributed by atoms with E-state index in [1.165, 1.54) is 4.90 Å². The molecule has 1 aliphatic rings. The van der Waals surface area contributed by atoms with Crippen molar-refractivity contribution in [2.24, 2.45) is 0 Å². The standard InChI is InChI=1S/C18H26BrN3O3/c1-5-22(6-2)9-7-8-20-17(23)14-10-13(19)11-15-16(14)25-12(3)18(24)21(15)4/h10-12H,5-9H2,1-4H3,(H,20,23). The van der Waals surface area contributed by atoms with E-state index in [0.717, 1.165) is 30.5 Å². The van der Waals surface area contributed by atoms with Gasteiger partial charge in [0.1, 0.15) is 0 Å². The van der Waals surface area contributed by atoms with Crippen LogP contribution in [-0.4, -0.2) is 56.0 Å². The summed E-state index contributed by atoms with van der Waals surface area (Å²) in [4.78, 5) is 28.6. The lowest BCUT2D eigenvalue weighted by atomic mass is 10.1. The Labute approximate surface area is 157 Å². The molecule has 1 aromatic rings. The molecule has 1 aliphatic heterocycles. The minimum absolute atomic E-state index is 0.129. The molecule has 1 unspecified atom stereocenters. The van der Waals surface area contributed by atoms with Crippen molar-refractivity contribution in [2.45, 2.75) is 33.3 Å². The van der Waals surface area contributed by atoms with Crippen molar-refractivity contribution < 1.29 is 14.3 Å². The third kappa shape index (κ3) is 4.52. The summed E-state index contributed by atoms with van der Waals surface area (Å²) < 4.78 is 6.45. The molecule has 0 aliphatic carbocycles. The molecule has 2 rings (SSSR count). The molecule has 1 aromatic carbocycles. The van der Waals surface area contributed by atoms with Crippen LogP contribution in [0.5, 0.6) is 5.75 Å². The van der Waals surface area contributed by atoms with Gasteiger partial charge >= 0.3 is 0 Å². The third-order valence-corrected chi connectivity index (χ3v) is 4.90. The Hall–Kier alpha value is -1.60. The summed E-state index contributed by atoms with van der Waals surface area (Å²) in [5, 5.41) is 2.95. The lowest BCUT2D eigenvalue weighted by Crippen LogP contribution is -2.42. The molecule has 1 heterocycles. The lowest BCUT2D eigenvalue weighted by Gasteiger charge is -2.31. The van der Waals surface area contributed by atoms with Gasteiger partial charge < -0.3 is 19.9 Å². The zero-order chi connectivity index (χ0) is 18.6. The van der Waals surface area contributed by atoms with Crippen molar-refractivity contribution in [3.8, 4) is 5.75 Å². The third-order valence-electron chi connectivity index (χ3n) is 4.44. The van der Waals surface area contributed by atoms with Crippen LogP contribution in [0.3, 0.4) is 0 Å². The molecule has 0 fully saturated rings. The maximum atomic E-state index is 12.6. The molecule has 2 amide bonds. The van der Waals surface area contributed by atoms with E-state index >= 15 is 0 Å². The quantitative estimate of drug-likeness (QED) is 0.700. The summed E-state index contributed by atoms with van der Waals surface area (Å²) in [5.41, 5.74) is 1.05. The van der Waals surface area contributed by atoms with Gasteiger partial charge in [-0.25, -0.2) is 0 Å². The number of benzene rings is 1. The molecular weight excluding hydrogens is 386 g/mol. The fourth-order valence-electron chi connectivity index (χ4n) is 2.88. The Kier molecular flexibility index (Phi) is 6.84. The number of halogens is 1. The van der Waals surface area contributed by atoms with Crippen molar-refractivity contribution >= 4 is 33.4 Å². The molecular formula is C18H26BrN3O3. The van der Waals surface area contributed by atoms with Gasteiger partial charge in [0.05, 0.1) is 11.3 Å². The SMILES string of the molecule is CCN(CC)CCCNC(=O)c1cc(Br)cc2c1OC(C)C(=O)N2C. The Morgan fingerprint density at radius 1 is 1.36 bits per heavy atom. The average molecular weight is 412 g/mol. The Morgan fingerprint density at radius 3 is 2.68 bits per heavy atom. The Balaban J connectivity index is 2.10. The monoisotopic (exact) mass is 411 g/mol. The number of nitrogens with one attached hydrogen (secondary N) is 1. The number of ether oxygens (including phenoxy) is 1. The number of hydrogen-bond acceptors (Lipinski definition) is 4. The molecule has 1 N–H and O–H groups in total. The first kappa shape index (κ1) is 19.7. The van der Waals surface area contributed by atoms with E-state index in [-0.39, 0.29) is 11.8 Å². The minimum Gasteiger partial charge on any atom is -0.478 e. The topological polar surface area (TPSA) is 61.9 Å². The molecule has 0 spiro atoms. The number of fused-ring (bicyclic) bond motifs is 1. The van der Waals surface area contributed by atoms with E-state index < -0.39 is 6.10 Å². The van der Waals surface area contributed by atoms with E-state index in [1.807, 2.05) is 0 Å². The second kappa shape index (κ2) is 8.67. The number of anilines is 1. The molecule has 25 heavy (non-hydrogen) atoms. The second-order valence-electron chi connectivity index (χ2n) is 6.10. The largest absolute Gasteiger partial charge is 0.478 e. The Morgan fingerprint density at radius 2 is 2.04 bits per heavy atom. The molecule has 0 bridgehead atoms. The fraction of sp³-hybridized carbons (Fsp3) is 0.556. The van der Waals surface area contributed by atoms with Gasteiger partial charge in [0.2, 0.25) is 0 Å². The van der Waals surface area contributed by atoms with Crippen LogP contribution in [0.2, 0.25) is 0 Å². The zero-order valence-electron chi connectivity index (χ0n) is 15.3. The fourth-order valence-corrected chi connectivity index (χ4v) is 3.32. The van der Waals surface area contributed by atoms with Gasteiger partial charge in [0, 0.05) is 18.1 Å². The summed E-state index contributed by atoms with van der Waals surface area (Å²) in [6.07, 6.45) is 0.284. The van der Waals surface area contributed by atoms with Gasteiger partial charge in [-0.2, -0.15) is 0 Å². The van der Waals surface area contributed by atoms with Crippen molar-refractivity contribution in [1.29, 1.82) is 0 Å². The van der Waals surface area contributed by atoms with Crippen LogP contribution in [0.15, 0.2) is 16.6 Å². The average Bonchev–Trinajstić information content (AvgIpc) is 2.60. The molecule has 6 nitrogen and oxygen atoms in total. The summed E-state index contributed by atoms with van der Waals surface area (Å²) >= 11 is 3.41. The number of likely N-dealkylation sites (N-methyl/N-ethyl adjacent to an activating group) is 1. The number of amides is 2. The van der Waals surface area contributed by atoms with Crippen LogP contribution >= 0.6 is 15.9 Å². The Bertz CT molecular complexity index is 647. The van der Waals surface area contributed by atoms with E-state index in [2.05, 4.69) is 40.0 Å². The molecule has 138 valence electrons. The van der Waals surface area contributed by atoms with Gasteiger partial charge in [-0.3, -0.25) is 9.59 Å². The van der Waals surface area contributed by atoms with Crippen LogP contribution in [0.1, 0.15) is 37.6 Å². The van der Waals surface area contributed by atoms with Crippen LogP contribution in [0, 0.1) is 0 Å². The highest BCUT2D eigenvalue weighted by molar-refractivity contribution is 9.10. The molecule has 0 radical (unpaired) electrons. The maximum Gasteiger partial charge on any atom is 0.267 e. The van der Waals surface area contributed by atoms with Crippen molar-refractivity contribution in [3.05, 3.63) is 22.2 Å². The predicted octanol–water partition coefficient (Wildman–Crippen LogP) is 2.65. The normalized spacial score (nSPS) is 16.6. The summed E-state index contributed by atoms with van der Waals surface area (Å²) in [6.45, 7) is 9.52. The first-order chi connectivity index (χ1) is 11.9. The first-order valence-corrected chi connectivity index (χ1v) is 9.46. The van der Waals surface area contributed by atoms with Crippen molar-refractivity contribution in [2.75, 3.05) is 38.1 Å². The van der Waals surface area contributed by atoms with Gasteiger partial charge in [-0.15, -0.1) is 0 Å². The smallest absolute Gasteiger partial charge is 0.267 e. The first-order valence-electron chi connectivity index (χ1n) is 8.67. The molecule has 0 saturated heterocycles. The summed E-state index contributed by atoms with van der Waals surface area (Å²) in [7, 11) is 1.69. The highest BCUT2D eigenvalue weighted by Crippen LogP contribution is 2.39. The van der Waals surface area contributed by atoms with Gasteiger partial charge in [-0.1, -0.05) is 29.8 Å². The van der Waals surface area contributed by atoms with Gasteiger partial charge in [0.25, 0.3) is 11.8 Å². The van der Waals surface area contributed by atoms with E-state index in [0.29, 0.717) is 23.5 Å². The molecule has 7 heteroatoms. The number of hydrogen-bond donors (Lipinski definition) is 1. The van der Waals surface area contributed by atoms with Gasteiger partial charge in [-0.05, 0) is 45.1 Å². The molecule has 1 atom stereocenters. The maximum absolute atomic E-state index is 12.6. The number of carbonyl (C=O) groups is 2. The summed E-state index contributed by atoms with van der Waals surface area (Å²) in [6, 6.07) is 3.52. The number of nitrogens with zero attached hydrogens (tertiary/aromatic N) is 2. The van der Waals surface area contributed by atoms with Gasteiger partial charge in [0.15, 0.2) is 11.9 Å². The number of rotatable bonds is 7. The zero-order valence-corrected chi connectivity index (χ0v) is 16.9. The van der Waals surface area contributed by atoms with Crippen molar-refractivity contribution in [3.63, 3.8) is 0 Å². The van der Waals surface area contributed by atoms with E-state index in [4.69, 9.17) is 4.74 Å². The molecule has 0 aromatic heterocycles. The number of carbonyl (C=O) groups excluding carboxylic acids is 2. The van der Waals surface area contributed by atoms with Crippen LogP contribution in [-0.2, 0) is 4.79 Å². The van der Waals surface area contributed by atoms with E-state index in [9.17, 15) is 9.59 Å². The minimum atomic E-state index is -0.604. The molecule has 0 saturated carbocycles. The summed E-state index contributed by atoms with van der Waals surface area (Å²) in [5.74, 6) is 0.141.